The van der Waals surface area contributed by atoms with E-state index >= 15 is 0 Å². The highest BCUT2D eigenvalue weighted by atomic mass is 127. The first-order valence-electron chi connectivity index (χ1n) is 3.47. The van der Waals surface area contributed by atoms with E-state index < -0.39 is 0 Å². The number of hydrogen-bond donors (Lipinski definition) is 0. The quantitative estimate of drug-likeness (QED) is 0.434. The van der Waals surface area contributed by atoms with Crippen LogP contribution in [0.3, 0.4) is 0 Å². The summed E-state index contributed by atoms with van der Waals surface area (Å²) in [6.07, 6.45) is 0.640. The zero-order valence-corrected chi connectivity index (χ0v) is 8.63. The van der Waals surface area contributed by atoms with E-state index in [1.807, 2.05) is 0 Å². The number of nitrogens with zero attached hydrogens (tertiary/aromatic N) is 2. The summed E-state index contributed by atoms with van der Waals surface area (Å²) < 4.78 is 0.538. The summed E-state index contributed by atoms with van der Waals surface area (Å²) in [7, 11) is 0. The van der Waals surface area contributed by atoms with Gasteiger partial charge in [-0.1, -0.05) is 29.5 Å². The average Bonchev–Trinajstić information content (AvgIpc) is 1.89. The normalized spacial score (nSPS) is 13.1. The van der Waals surface area contributed by atoms with Crippen LogP contribution in [-0.2, 0) is 0 Å². The lowest BCUT2D eigenvalue weighted by Crippen LogP contribution is -2.29. The van der Waals surface area contributed by atoms with Crippen LogP contribution in [0.15, 0.2) is 0 Å². The zero-order chi connectivity index (χ0) is 7.98. The molecule has 0 aliphatic heterocycles. The molecule has 0 aromatic rings. The lowest BCUT2D eigenvalue weighted by molar-refractivity contribution is 0.298. The number of halogens is 1. The van der Waals surface area contributed by atoms with Gasteiger partial charge in [-0.15, -0.1) is 0 Å². The van der Waals surface area contributed by atoms with Crippen LogP contribution < -0.4 is 0 Å². The maximum atomic E-state index is 8.31. The molecule has 0 aromatic carbocycles. The molecular weight excluding hydrogens is 239 g/mol. The second-order valence-electron chi connectivity index (χ2n) is 2.11. The van der Waals surface area contributed by atoms with Gasteiger partial charge in [0.25, 0.3) is 0 Å². The minimum Gasteiger partial charge on any atom is -0.291 e. The number of rotatable bonds is 4. The SMILES string of the molecule is CCN(CCC#N)C(C)I. The molecule has 0 aliphatic rings. The Labute approximate surface area is 76.3 Å². The summed E-state index contributed by atoms with van der Waals surface area (Å²) >= 11 is 2.36. The molecule has 1 unspecified atom stereocenters. The lowest BCUT2D eigenvalue weighted by Gasteiger charge is -2.21. The minimum atomic E-state index is 0.538. The van der Waals surface area contributed by atoms with E-state index in [0.29, 0.717) is 10.5 Å². The largest absolute Gasteiger partial charge is 0.291 e. The monoisotopic (exact) mass is 252 g/mol. The molecule has 3 heteroatoms. The van der Waals surface area contributed by atoms with Gasteiger partial charge < -0.3 is 0 Å². The van der Waals surface area contributed by atoms with Crippen LogP contribution in [0.25, 0.3) is 0 Å². The summed E-state index contributed by atoms with van der Waals surface area (Å²) in [5.74, 6) is 0. The molecule has 0 aliphatic carbocycles. The summed E-state index contributed by atoms with van der Waals surface area (Å²) in [5.41, 5.74) is 0. The highest BCUT2D eigenvalue weighted by Crippen LogP contribution is 2.06. The van der Waals surface area contributed by atoms with Crippen LogP contribution >= 0.6 is 22.6 Å². The Balaban J connectivity index is 3.52. The third-order valence-electron chi connectivity index (χ3n) is 1.42. The van der Waals surface area contributed by atoms with E-state index in [2.05, 4.69) is 47.4 Å². The Kier molecular flexibility index (Phi) is 6.03. The second kappa shape index (κ2) is 5.93. The number of alkyl halides is 1. The van der Waals surface area contributed by atoms with Gasteiger partial charge in [0, 0.05) is 13.0 Å². The van der Waals surface area contributed by atoms with E-state index in [1.165, 1.54) is 0 Å². The summed E-state index contributed by atoms with van der Waals surface area (Å²) in [6, 6.07) is 2.14. The van der Waals surface area contributed by atoms with Gasteiger partial charge in [0.15, 0.2) is 0 Å². The molecule has 0 saturated carbocycles. The fourth-order valence-electron chi connectivity index (χ4n) is 0.781. The Morgan fingerprint density at radius 3 is 2.60 bits per heavy atom. The van der Waals surface area contributed by atoms with Gasteiger partial charge in [-0.05, 0) is 13.5 Å². The van der Waals surface area contributed by atoms with Crippen molar-refractivity contribution in [2.75, 3.05) is 13.1 Å². The molecule has 0 N–H and O–H groups in total. The standard InChI is InChI=1S/C7H13IN2/c1-3-10(7(2)8)6-4-5-9/h7H,3-4,6H2,1-2H3. The maximum Gasteiger partial charge on any atom is 0.0635 e. The van der Waals surface area contributed by atoms with E-state index in [-0.39, 0.29) is 0 Å². The Morgan fingerprint density at radius 2 is 2.30 bits per heavy atom. The van der Waals surface area contributed by atoms with Gasteiger partial charge in [-0.3, -0.25) is 4.90 Å². The molecule has 58 valence electrons. The fraction of sp³-hybridized carbons (Fsp3) is 0.857. The predicted molar refractivity (Wildman–Crippen MR) is 51.0 cm³/mol. The van der Waals surface area contributed by atoms with Gasteiger partial charge in [0.2, 0.25) is 0 Å². The molecule has 0 heterocycles. The van der Waals surface area contributed by atoms with Crippen molar-refractivity contribution in [2.24, 2.45) is 0 Å². The molecule has 0 spiro atoms. The highest BCUT2D eigenvalue weighted by Gasteiger charge is 2.05. The van der Waals surface area contributed by atoms with Crippen molar-refractivity contribution in [1.82, 2.24) is 4.90 Å². The van der Waals surface area contributed by atoms with Gasteiger partial charge in [-0.25, -0.2) is 0 Å². The lowest BCUT2D eigenvalue weighted by atomic mass is 10.4. The molecule has 0 rings (SSSR count). The smallest absolute Gasteiger partial charge is 0.0635 e. The molecule has 0 radical (unpaired) electrons. The molecule has 1 atom stereocenters. The highest BCUT2D eigenvalue weighted by molar-refractivity contribution is 14.1. The van der Waals surface area contributed by atoms with Gasteiger partial charge in [0.1, 0.15) is 0 Å². The van der Waals surface area contributed by atoms with Crippen LogP contribution in [-0.4, -0.2) is 22.0 Å². The summed E-state index contributed by atoms with van der Waals surface area (Å²) in [5, 5.41) is 8.31. The molecule has 2 nitrogen and oxygen atoms in total. The van der Waals surface area contributed by atoms with Crippen LogP contribution in [0, 0.1) is 11.3 Å². The van der Waals surface area contributed by atoms with Crippen molar-refractivity contribution in [3.05, 3.63) is 0 Å². The van der Waals surface area contributed by atoms with E-state index in [1.54, 1.807) is 0 Å². The molecule has 0 saturated heterocycles. The number of hydrogen-bond acceptors (Lipinski definition) is 2. The van der Waals surface area contributed by atoms with Crippen molar-refractivity contribution in [3.8, 4) is 6.07 Å². The third-order valence-corrected chi connectivity index (χ3v) is 2.21. The van der Waals surface area contributed by atoms with E-state index in [4.69, 9.17) is 5.26 Å². The fourth-order valence-corrected chi connectivity index (χ4v) is 1.45. The first-order valence-corrected chi connectivity index (χ1v) is 4.72. The molecule has 0 fully saturated rings. The number of nitriles is 1. The van der Waals surface area contributed by atoms with Crippen molar-refractivity contribution in [1.29, 1.82) is 5.26 Å². The van der Waals surface area contributed by atoms with Crippen molar-refractivity contribution in [3.63, 3.8) is 0 Å². The van der Waals surface area contributed by atoms with Crippen molar-refractivity contribution < 1.29 is 0 Å². The Morgan fingerprint density at radius 1 is 1.70 bits per heavy atom. The van der Waals surface area contributed by atoms with Gasteiger partial charge >= 0.3 is 0 Å². The first-order chi connectivity index (χ1) is 4.72. The van der Waals surface area contributed by atoms with Crippen molar-refractivity contribution >= 4 is 22.6 Å². The second-order valence-corrected chi connectivity index (χ2v) is 3.91. The zero-order valence-electron chi connectivity index (χ0n) is 6.47. The molecule has 0 bridgehead atoms. The molecule has 10 heavy (non-hydrogen) atoms. The van der Waals surface area contributed by atoms with Gasteiger partial charge in [0.05, 0.1) is 10.1 Å². The molecule has 0 amide bonds. The van der Waals surface area contributed by atoms with E-state index in [9.17, 15) is 0 Å². The van der Waals surface area contributed by atoms with Crippen LogP contribution in [0.5, 0.6) is 0 Å². The summed E-state index contributed by atoms with van der Waals surface area (Å²) in [6.45, 7) is 6.19. The average molecular weight is 252 g/mol. The molecular formula is C7H13IN2. The topological polar surface area (TPSA) is 27.0 Å². The Hall–Kier alpha value is 0.180. The summed E-state index contributed by atoms with van der Waals surface area (Å²) in [4.78, 5) is 2.27. The predicted octanol–water partition coefficient (Wildman–Crippen LogP) is 2.00. The van der Waals surface area contributed by atoms with Gasteiger partial charge in [-0.2, -0.15) is 5.26 Å². The molecule has 0 aromatic heterocycles. The minimum absolute atomic E-state index is 0.538. The van der Waals surface area contributed by atoms with Crippen LogP contribution in [0.4, 0.5) is 0 Å². The van der Waals surface area contributed by atoms with Crippen molar-refractivity contribution in [2.45, 2.75) is 24.3 Å². The van der Waals surface area contributed by atoms with Crippen LogP contribution in [0.2, 0.25) is 0 Å². The Bertz CT molecular complexity index is 117. The van der Waals surface area contributed by atoms with Crippen LogP contribution in [0.1, 0.15) is 20.3 Å². The third kappa shape index (κ3) is 4.07. The van der Waals surface area contributed by atoms with E-state index in [0.717, 1.165) is 13.1 Å². The maximum absolute atomic E-state index is 8.31. The first kappa shape index (κ1) is 10.2.